The number of rotatable bonds is 5. The monoisotopic (exact) mass is 308 g/mol. The molecule has 1 aromatic heterocycles. The molecular weight excluding hydrogens is 292 g/mol. The highest BCUT2D eigenvalue weighted by atomic mass is 35.5. The van der Waals surface area contributed by atoms with E-state index in [-0.39, 0.29) is 6.61 Å². The van der Waals surface area contributed by atoms with Gasteiger partial charge in [0.15, 0.2) is 0 Å². The lowest BCUT2D eigenvalue weighted by molar-refractivity contribution is -0.151. The summed E-state index contributed by atoms with van der Waals surface area (Å²) in [6.45, 7) is 3.63. The highest BCUT2D eigenvalue weighted by Crippen LogP contribution is 2.26. The number of esters is 1. The molecule has 21 heavy (non-hydrogen) atoms. The largest absolute Gasteiger partial charge is 0.466 e. The fourth-order valence-corrected chi connectivity index (χ4v) is 2.05. The third kappa shape index (κ3) is 3.62. The molecule has 0 fully saturated rings. The molecule has 1 heterocycles. The number of aliphatic hydroxyl groups excluding tert-OH is 1. The molecule has 0 aliphatic rings. The summed E-state index contributed by atoms with van der Waals surface area (Å²) in [6, 6.07) is 8.92. The predicted molar refractivity (Wildman–Crippen MR) is 79.8 cm³/mol. The Morgan fingerprint density at radius 3 is 2.71 bits per heavy atom. The number of carbonyl (C=O) groups excluding carboxylic acids is 1. The Balaban J connectivity index is 2.15. The minimum Gasteiger partial charge on any atom is -0.466 e. The van der Waals surface area contributed by atoms with Gasteiger partial charge in [-0.15, -0.1) is 0 Å². The quantitative estimate of drug-likeness (QED) is 0.833. The van der Waals surface area contributed by atoms with Crippen molar-refractivity contribution in [2.24, 2.45) is 5.92 Å². The number of nitrogens with one attached hydrogen (secondary N) is 1. The summed E-state index contributed by atoms with van der Waals surface area (Å²) in [6.07, 6.45) is -0.988. The summed E-state index contributed by atoms with van der Waals surface area (Å²) in [5.41, 5.74) is 2.02. The van der Waals surface area contributed by atoms with Crippen molar-refractivity contribution in [3.63, 3.8) is 0 Å². The summed E-state index contributed by atoms with van der Waals surface area (Å²) in [5.74, 6) is -1.10. The van der Waals surface area contributed by atoms with E-state index < -0.39 is 18.0 Å². The molecule has 5 nitrogen and oxygen atoms in total. The van der Waals surface area contributed by atoms with Gasteiger partial charge in [-0.3, -0.25) is 9.89 Å². The number of carbonyl (C=O) groups is 1. The van der Waals surface area contributed by atoms with E-state index in [9.17, 15) is 9.90 Å². The summed E-state index contributed by atoms with van der Waals surface area (Å²) in [4.78, 5) is 11.6. The third-order valence-corrected chi connectivity index (χ3v) is 3.44. The minimum atomic E-state index is -0.988. The first kappa shape index (κ1) is 15.5. The van der Waals surface area contributed by atoms with Crippen molar-refractivity contribution in [2.75, 3.05) is 6.61 Å². The molecule has 112 valence electrons. The number of hydrogen-bond acceptors (Lipinski definition) is 4. The normalized spacial score (nSPS) is 13.7. The number of nitrogens with zero attached hydrogens (tertiary/aromatic N) is 1. The van der Waals surface area contributed by atoms with E-state index in [1.165, 1.54) is 0 Å². The molecule has 0 aliphatic heterocycles. The van der Waals surface area contributed by atoms with Crippen molar-refractivity contribution < 1.29 is 14.6 Å². The number of ether oxygens (including phenoxy) is 1. The first-order valence-electron chi connectivity index (χ1n) is 6.69. The van der Waals surface area contributed by atoms with E-state index >= 15 is 0 Å². The number of H-pyrrole nitrogens is 1. The zero-order valence-corrected chi connectivity index (χ0v) is 12.6. The Morgan fingerprint density at radius 1 is 1.43 bits per heavy atom. The molecule has 0 unspecified atom stereocenters. The molecule has 0 aliphatic carbocycles. The number of aromatic nitrogens is 2. The van der Waals surface area contributed by atoms with Gasteiger partial charge in [0.05, 0.1) is 23.9 Å². The van der Waals surface area contributed by atoms with Gasteiger partial charge >= 0.3 is 5.97 Å². The number of hydrogen-bond donors (Lipinski definition) is 2. The fraction of sp³-hybridized carbons (Fsp3) is 0.333. The van der Waals surface area contributed by atoms with E-state index in [1.807, 2.05) is 12.1 Å². The Morgan fingerprint density at radius 2 is 2.10 bits per heavy atom. The maximum Gasteiger partial charge on any atom is 0.311 e. The van der Waals surface area contributed by atoms with Crippen LogP contribution in [0.2, 0.25) is 5.02 Å². The topological polar surface area (TPSA) is 75.2 Å². The SMILES string of the molecule is CCOC(=O)[C@H](C)[C@@H](O)c1cc(-c2ccc(Cl)cc2)n[nH]1. The van der Waals surface area contributed by atoms with Gasteiger partial charge in [0.1, 0.15) is 6.10 Å². The Hall–Kier alpha value is -1.85. The maximum absolute atomic E-state index is 11.6. The summed E-state index contributed by atoms with van der Waals surface area (Å²) in [5, 5.41) is 17.7. The van der Waals surface area contributed by atoms with Crippen molar-refractivity contribution in [2.45, 2.75) is 20.0 Å². The Kier molecular flexibility index (Phi) is 4.98. The average Bonchev–Trinajstić information content (AvgIpc) is 2.96. The fourth-order valence-electron chi connectivity index (χ4n) is 1.93. The molecule has 2 rings (SSSR count). The van der Waals surface area contributed by atoms with Crippen LogP contribution in [0.5, 0.6) is 0 Å². The van der Waals surface area contributed by atoms with Crippen molar-refractivity contribution in [3.8, 4) is 11.3 Å². The minimum absolute atomic E-state index is 0.287. The number of halogens is 1. The van der Waals surface area contributed by atoms with Crippen LogP contribution in [0.15, 0.2) is 30.3 Å². The van der Waals surface area contributed by atoms with Crippen molar-refractivity contribution in [3.05, 3.63) is 41.0 Å². The standard InChI is InChI=1S/C15H17ClN2O3/c1-3-21-15(20)9(2)14(19)13-8-12(17-18-13)10-4-6-11(16)7-5-10/h4-9,14,19H,3H2,1-2H3,(H,17,18)/t9-,14-/m1/s1. The van der Waals surface area contributed by atoms with Crippen molar-refractivity contribution in [1.29, 1.82) is 0 Å². The molecule has 0 bridgehead atoms. The lowest BCUT2D eigenvalue weighted by Gasteiger charge is -2.15. The van der Waals surface area contributed by atoms with E-state index in [0.717, 1.165) is 5.56 Å². The second-order valence-corrected chi connectivity index (χ2v) is 5.14. The van der Waals surface area contributed by atoms with Gasteiger partial charge < -0.3 is 9.84 Å². The lowest BCUT2D eigenvalue weighted by atomic mass is 10.0. The van der Waals surface area contributed by atoms with Crippen LogP contribution in [0.1, 0.15) is 25.6 Å². The summed E-state index contributed by atoms with van der Waals surface area (Å²) < 4.78 is 4.90. The number of aromatic amines is 1. The van der Waals surface area contributed by atoms with Crippen LogP contribution in [0.3, 0.4) is 0 Å². The third-order valence-electron chi connectivity index (χ3n) is 3.19. The molecule has 6 heteroatoms. The Bertz CT molecular complexity index is 610. The van der Waals surface area contributed by atoms with E-state index in [1.54, 1.807) is 32.0 Å². The zero-order valence-electron chi connectivity index (χ0n) is 11.8. The van der Waals surface area contributed by atoms with Gasteiger partial charge in [-0.2, -0.15) is 5.10 Å². The molecule has 2 aromatic rings. The molecule has 1 aromatic carbocycles. The second-order valence-electron chi connectivity index (χ2n) is 4.70. The molecule has 0 radical (unpaired) electrons. The molecule has 2 atom stereocenters. The van der Waals surface area contributed by atoms with E-state index in [0.29, 0.717) is 16.4 Å². The zero-order chi connectivity index (χ0) is 15.4. The average molecular weight is 309 g/mol. The highest BCUT2D eigenvalue weighted by molar-refractivity contribution is 6.30. The van der Waals surface area contributed by atoms with E-state index in [2.05, 4.69) is 10.2 Å². The van der Waals surface area contributed by atoms with Crippen LogP contribution < -0.4 is 0 Å². The Labute approximate surface area is 127 Å². The molecular formula is C15H17ClN2O3. The van der Waals surface area contributed by atoms with Gasteiger partial charge in [0, 0.05) is 10.6 Å². The molecule has 0 amide bonds. The summed E-state index contributed by atoms with van der Waals surface area (Å²) in [7, 11) is 0. The van der Waals surface area contributed by atoms with Crippen molar-refractivity contribution in [1.82, 2.24) is 10.2 Å². The number of aliphatic hydroxyl groups is 1. The first-order valence-corrected chi connectivity index (χ1v) is 7.06. The molecule has 0 saturated carbocycles. The van der Waals surface area contributed by atoms with Crippen LogP contribution in [-0.2, 0) is 9.53 Å². The van der Waals surface area contributed by atoms with Gasteiger partial charge in [-0.1, -0.05) is 23.7 Å². The highest BCUT2D eigenvalue weighted by Gasteiger charge is 2.26. The van der Waals surface area contributed by atoms with Crippen LogP contribution >= 0.6 is 11.6 Å². The number of benzene rings is 1. The lowest BCUT2D eigenvalue weighted by Crippen LogP contribution is -2.22. The van der Waals surface area contributed by atoms with Crippen molar-refractivity contribution >= 4 is 17.6 Å². The second kappa shape index (κ2) is 6.74. The van der Waals surface area contributed by atoms with E-state index in [4.69, 9.17) is 16.3 Å². The van der Waals surface area contributed by atoms with Gasteiger partial charge in [-0.25, -0.2) is 0 Å². The van der Waals surface area contributed by atoms with Gasteiger partial charge in [0.2, 0.25) is 0 Å². The smallest absolute Gasteiger partial charge is 0.311 e. The van der Waals surface area contributed by atoms with Gasteiger partial charge in [-0.05, 0) is 32.0 Å². The van der Waals surface area contributed by atoms with Crippen LogP contribution in [0.4, 0.5) is 0 Å². The van der Waals surface area contributed by atoms with Crippen LogP contribution in [0.25, 0.3) is 11.3 Å². The van der Waals surface area contributed by atoms with Gasteiger partial charge in [0.25, 0.3) is 0 Å². The molecule has 0 saturated heterocycles. The molecule has 0 spiro atoms. The van der Waals surface area contributed by atoms with Crippen LogP contribution in [0, 0.1) is 5.92 Å². The molecule has 2 N–H and O–H groups in total. The summed E-state index contributed by atoms with van der Waals surface area (Å²) >= 11 is 5.84. The maximum atomic E-state index is 11.6. The predicted octanol–water partition coefficient (Wildman–Crippen LogP) is 2.96. The van der Waals surface area contributed by atoms with Crippen LogP contribution in [-0.4, -0.2) is 27.9 Å². The first-order chi connectivity index (χ1) is 10.0.